The Morgan fingerprint density at radius 3 is 2.33 bits per heavy atom. The van der Waals surface area contributed by atoms with Gasteiger partial charge in [0.15, 0.2) is 0 Å². The van der Waals surface area contributed by atoms with Gasteiger partial charge in [-0.2, -0.15) is 0 Å². The number of thiazole rings is 1. The molecule has 33 heavy (non-hydrogen) atoms. The largest absolute Gasteiger partial charge is 0.489 e. The van der Waals surface area contributed by atoms with Crippen molar-refractivity contribution in [3.05, 3.63) is 70.0 Å². The topological polar surface area (TPSA) is 37.4 Å². The second-order valence-electron chi connectivity index (χ2n) is 8.98. The van der Waals surface area contributed by atoms with Crippen molar-refractivity contribution in [2.75, 3.05) is 26.2 Å². The number of hydrogen-bond acceptors (Lipinski definition) is 5. The number of benzene rings is 2. The zero-order chi connectivity index (χ0) is 22.9. The molecule has 1 aromatic heterocycles. The number of nitrogens with zero attached hydrogens (tertiary/aromatic N) is 2. The summed E-state index contributed by atoms with van der Waals surface area (Å²) in [7, 11) is 0. The van der Waals surface area contributed by atoms with E-state index in [1.54, 1.807) is 11.3 Å². The Balaban J connectivity index is 1.30. The molecule has 1 N–H and O–H groups in total. The minimum atomic E-state index is 0.595. The van der Waals surface area contributed by atoms with E-state index in [0.29, 0.717) is 12.5 Å². The lowest BCUT2D eigenvalue weighted by atomic mass is 9.90. The molecule has 4 rings (SSSR count). The lowest BCUT2D eigenvalue weighted by Gasteiger charge is -2.26. The molecule has 0 spiro atoms. The maximum atomic E-state index is 6.05. The molecule has 0 atom stereocenters. The van der Waals surface area contributed by atoms with Crippen LogP contribution in [-0.2, 0) is 13.2 Å². The van der Waals surface area contributed by atoms with Crippen LogP contribution in [0.15, 0.2) is 53.9 Å². The molecule has 5 heteroatoms. The van der Waals surface area contributed by atoms with Crippen molar-refractivity contribution < 1.29 is 4.74 Å². The van der Waals surface area contributed by atoms with E-state index in [9.17, 15) is 0 Å². The van der Waals surface area contributed by atoms with E-state index in [-0.39, 0.29) is 0 Å². The Morgan fingerprint density at radius 1 is 0.970 bits per heavy atom. The predicted octanol–water partition coefficient (Wildman–Crippen LogP) is 6.48. The van der Waals surface area contributed by atoms with Crippen LogP contribution in [0, 0.1) is 0 Å². The lowest BCUT2D eigenvalue weighted by Crippen LogP contribution is -2.42. The van der Waals surface area contributed by atoms with Crippen molar-refractivity contribution in [3.8, 4) is 17.0 Å². The Labute approximate surface area is 203 Å². The van der Waals surface area contributed by atoms with Crippen molar-refractivity contribution in [3.63, 3.8) is 0 Å². The molecule has 0 bridgehead atoms. The summed E-state index contributed by atoms with van der Waals surface area (Å²) in [6.45, 7) is 10.4. The van der Waals surface area contributed by atoms with Gasteiger partial charge in [-0.3, -0.25) is 4.90 Å². The highest BCUT2D eigenvalue weighted by atomic mass is 32.1. The number of aromatic nitrogens is 1. The average molecular weight is 464 g/mol. The van der Waals surface area contributed by atoms with Gasteiger partial charge in [0, 0.05) is 37.1 Å². The molecular weight excluding hydrogens is 426 g/mol. The first-order valence-corrected chi connectivity index (χ1v) is 13.3. The maximum Gasteiger partial charge on any atom is 0.119 e. The average Bonchev–Trinajstić information content (AvgIpc) is 3.32. The van der Waals surface area contributed by atoms with Gasteiger partial charge in [-0.25, -0.2) is 4.98 Å². The number of rotatable bonds is 11. The molecule has 0 unspecified atom stereocenters. The molecule has 0 saturated carbocycles. The third kappa shape index (κ3) is 6.89. The van der Waals surface area contributed by atoms with Gasteiger partial charge in [0.05, 0.1) is 12.2 Å². The molecule has 3 aromatic rings. The molecule has 0 radical (unpaired) electrons. The number of nitrogens with one attached hydrogen (secondary N) is 1. The summed E-state index contributed by atoms with van der Waals surface area (Å²) in [6, 6.07) is 17.4. The maximum absolute atomic E-state index is 6.05. The number of ether oxygens (including phenoxy) is 1. The molecule has 2 aromatic carbocycles. The molecule has 0 amide bonds. The standard InChI is InChI=1S/C28H37N3OS/c1-3-5-23(6-4-2)24-9-7-22(8-10-24)20-32-26-13-11-25(12-14-26)27-21-33-28(30-27)19-31-17-15-29-16-18-31/h7-14,21,23,29H,3-6,15-20H2,1-2H3. The third-order valence-electron chi connectivity index (χ3n) is 6.40. The number of hydrogen-bond donors (Lipinski definition) is 1. The van der Waals surface area contributed by atoms with Gasteiger partial charge in [-0.05, 0) is 54.2 Å². The van der Waals surface area contributed by atoms with E-state index in [2.05, 4.69) is 78.0 Å². The summed E-state index contributed by atoms with van der Waals surface area (Å²) in [6.07, 6.45) is 5.02. The Hall–Kier alpha value is -2.21. The highest BCUT2D eigenvalue weighted by Crippen LogP contribution is 2.28. The smallest absolute Gasteiger partial charge is 0.119 e. The monoisotopic (exact) mass is 463 g/mol. The van der Waals surface area contributed by atoms with Crippen LogP contribution >= 0.6 is 11.3 Å². The van der Waals surface area contributed by atoms with Gasteiger partial charge in [0.1, 0.15) is 17.4 Å². The fourth-order valence-electron chi connectivity index (χ4n) is 4.53. The zero-order valence-electron chi connectivity index (χ0n) is 20.1. The summed E-state index contributed by atoms with van der Waals surface area (Å²) in [5.41, 5.74) is 4.88. The van der Waals surface area contributed by atoms with E-state index >= 15 is 0 Å². The van der Waals surface area contributed by atoms with Gasteiger partial charge < -0.3 is 10.1 Å². The molecule has 2 heterocycles. The molecule has 0 aliphatic carbocycles. The van der Waals surface area contributed by atoms with Crippen molar-refractivity contribution in [1.29, 1.82) is 0 Å². The summed E-state index contributed by atoms with van der Waals surface area (Å²) < 4.78 is 6.05. The van der Waals surface area contributed by atoms with Gasteiger partial charge >= 0.3 is 0 Å². The fraction of sp³-hybridized carbons (Fsp3) is 0.464. The van der Waals surface area contributed by atoms with Crippen molar-refractivity contribution in [1.82, 2.24) is 15.2 Å². The highest BCUT2D eigenvalue weighted by Gasteiger charge is 2.13. The van der Waals surface area contributed by atoms with E-state index in [4.69, 9.17) is 9.72 Å². The Kier molecular flexibility index (Phi) is 8.93. The Morgan fingerprint density at radius 2 is 1.67 bits per heavy atom. The quantitative estimate of drug-likeness (QED) is 0.353. The van der Waals surface area contributed by atoms with E-state index in [0.717, 1.165) is 49.7 Å². The van der Waals surface area contributed by atoms with Crippen LogP contribution in [0.3, 0.4) is 0 Å². The second kappa shape index (κ2) is 12.3. The van der Waals surface area contributed by atoms with Crippen molar-refractivity contribution >= 4 is 11.3 Å². The van der Waals surface area contributed by atoms with Crippen LogP contribution in [0.4, 0.5) is 0 Å². The van der Waals surface area contributed by atoms with Gasteiger partial charge in [-0.15, -0.1) is 11.3 Å². The molecular formula is C28H37N3OS. The Bertz CT molecular complexity index is 956. The van der Waals surface area contributed by atoms with Crippen LogP contribution in [-0.4, -0.2) is 36.1 Å². The van der Waals surface area contributed by atoms with Crippen LogP contribution in [0.1, 0.15) is 61.6 Å². The normalized spacial score (nSPS) is 14.6. The first-order valence-electron chi connectivity index (χ1n) is 12.4. The molecule has 4 nitrogen and oxygen atoms in total. The molecule has 1 aliphatic heterocycles. The molecule has 1 fully saturated rings. The minimum Gasteiger partial charge on any atom is -0.489 e. The van der Waals surface area contributed by atoms with Crippen LogP contribution in [0.2, 0.25) is 0 Å². The summed E-state index contributed by atoms with van der Waals surface area (Å²) >= 11 is 1.75. The van der Waals surface area contributed by atoms with Gasteiger partial charge in [0.25, 0.3) is 0 Å². The minimum absolute atomic E-state index is 0.595. The fourth-order valence-corrected chi connectivity index (χ4v) is 5.37. The van der Waals surface area contributed by atoms with Crippen molar-refractivity contribution in [2.45, 2.75) is 58.6 Å². The number of piperazine rings is 1. The summed E-state index contributed by atoms with van der Waals surface area (Å²) in [4.78, 5) is 7.33. The van der Waals surface area contributed by atoms with Crippen molar-refractivity contribution in [2.24, 2.45) is 0 Å². The SMILES string of the molecule is CCCC(CCC)c1ccc(COc2ccc(-c3csc(CN4CCNCC4)n3)cc2)cc1. The molecule has 1 aliphatic rings. The van der Waals surface area contributed by atoms with Crippen LogP contribution in [0.5, 0.6) is 5.75 Å². The zero-order valence-corrected chi connectivity index (χ0v) is 20.9. The summed E-state index contributed by atoms with van der Waals surface area (Å²) in [5.74, 6) is 1.58. The highest BCUT2D eigenvalue weighted by molar-refractivity contribution is 7.09. The third-order valence-corrected chi connectivity index (χ3v) is 7.23. The van der Waals surface area contributed by atoms with Crippen LogP contribution in [0.25, 0.3) is 11.3 Å². The molecule has 1 saturated heterocycles. The first-order chi connectivity index (χ1) is 16.2. The van der Waals surface area contributed by atoms with E-state index in [1.165, 1.54) is 41.8 Å². The van der Waals surface area contributed by atoms with E-state index < -0.39 is 0 Å². The van der Waals surface area contributed by atoms with E-state index in [1.807, 2.05) is 0 Å². The molecule has 176 valence electrons. The second-order valence-corrected chi connectivity index (χ2v) is 9.92. The van der Waals surface area contributed by atoms with Crippen LogP contribution < -0.4 is 10.1 Å². The summed E-state index contributed by atoms with van der Waals surface area (Å²) in [5, 5.41) is 6.76. The first kappa shape index (κ1) is 23.9. The predicted molar refractivity (Wildman–Crippen MR) is 139 cm³/mol. The lowest BCUT2D eigenvalue weighted by molar-refractivity contribution is 0.233. The van der Waals surface area contributed by atoms with Gasteiger partial charge in [0.2, 0.25) is 0 Å². The van der Waals surface area contributed by atoms with Gasteiger partial charge in [-0.1, -0.05) is 51.0 Å².